The number of ether oxygens (including phenoxy) is 1. The van der Waals surface area contributed by atoms with Gasteiger partial charge in [0.1, 0.15) is 11.6 Å². The molecule has 2 rings (SSSR count). The molecule has 0 saturated carbocycles. The van der Waals surface area contributed by atoms with E-state index >= 15 is 0 Å². The first-order valence-corrected chi connectivity index (χ1v) is 5.64. The molecule has 1 heterocycles. The van der Waals surface area contributed by atoms with Gasteiger partial charge >= 0.3 is 0 Å². The molecule has 0 fully saturated rings. The average molecular weight is 250 g/mol. The van der Waals surface area contributed by atoms with Crippen molar-refractivity contribution in [2.75, 3.05) is 13.7 Å². The maximum absolute atomic E-state index is 13.7. The number of methoxy groups -OCH3 is 1. The van der Waals surface area contributed by atoms with Crippen LogP contribution in [0.25, 0.3) is 11.4 Å². The molecular weight excluding hydrogens is 235 g/mol. The summed E-state index contributed by atoms with van der Waals surface area (Å²) in [4.78, 5) is 0. The molecule has 6 heteroatoms. The van der Waals surface area contributed by atoms with E-state index in [9.17, 15) is 4.39 Å². The predicted octanol–water partition coefficient (Wildman–Crippen LogP) is 1.19. The summed E-state index contributed by atoms with van der Waals surface area (Å²) < 4.78 is 20.6. The van der Waals surface area contributed by atoms with Gasteiger partial charge in [-0.1, -0.05) is 12.1 Å². The molecule has 0 aliphatic carbocycles. The molecular formula is C12H15FN4O. The van der Waals surface area contributed by atoms with E-state index in [0.717, 1.165) is 0 Å². The van der Waals surface area contributed by atoms with E-state index in [2.05, 4.69) is 10.2 Å². The maximum atomic E-state index is 13.7. The third-order valence-electron chi connectivity index (χ3n) is 2.64. The second kappa shape index (κ2) is 5.70. The van der Waals surface area contributed by atoms with Crippen LogP contribution in [0.15, 0.2) is 24.3 Å². The molecule has 0 aliphatic rings. The zero-order chi connectivity index (χ0) is 13.0. The van der Waals surface area contributed by atoms with Crippen LogP contribution in [0.1, 0.15) is 5.82 Å². The smallest absolute Gasteiger partial charge is 0.167 e. The lowest BCUT2D eigenvalue weighted by molar-refractivity contribution is 0.186. The van der Waals surface area contributed by atoms with E-state index in [-0.39, 0.29) is 12.4 Å². The summed E-state index contributed by atoms with van der Waals surface area (Å²) in [6.07, 6.45) is 0. The molecule has 0 amide bonds. The highest BCUT2D eigenvalue weighted by atomic mass is 19.1. The van der Waals surface area contributed by atoms with E-state index in [1.165, 1.54) is 6.07 Å². The van der Waals surface area contributed by atoms with Gasteiger partial charge in [0.15, 0.2) is 5.82 Å². The largest absolute Gasteiger partial charge is 0.383 e. The van der Waals surface area contributed by atoms with Crippen LogP contribution in [0, 0.1) is 5.82 Å². The van der Waals surface area contributed by atoms with Crippen molar-refractivity contribution in [3.8, 4) is 11.4 Å². The molecule has 96 valence electrons. The Morgan fingerprint density at radius 2 is 2.11 bits per heavy atom. The average Bonchev–Trinajstić information content (AvgIpc) is 2.79. The second-order valence-electron chi connectivity index (χ2n) is 3.77. The molecule has 1 aromatic heterocycles. The van der Waals surface area contributed by atoms with Crippen molar-refractivity contribution in [2.24, 2.45) is 5.73 Å². The highest BCUT2D eigenvalue weighted by molar-refractivity contribution is 5.56. The van der Waals surface area contributed by atoms with Crippen LogP contribution in [0.4, 0.5) is 4.39 Å². The Morgan fingerprint density at radius 3 is 2.78 bits per heavy atom. The first kappa shape index (κ1) is 12.7. The van der Waals surface area contributed by atoms with E-state index in [4.69, 9.17) is 10.5 Å². The van der Waals surface area contributed by atoms with Crippen molar-refractivity contribution in [2.45, 2.75) is 13.1 Å². The lowest BCUT2D eigenvalue weighted by Crippen LogP contribution is -2.13. The summed E-state index contributed by atoms with van der Waals surface area (Å²) >= 11 is 0. The fourth-order valence-electron chi connectivity index (χ4n) is 1.75. The highest BCUT2D eigenvalue weighted by Crippen LogP contribution is 2.21. The van der Waals surface area contributed by atoms with Crippen molar-refractivity contribution in [1.82, 2.24) is 14.8 Å². The third kappa shape index (κ3) is 2.39. The molecule has 0 radical (unpaired) electrons. The van der Waals surface area contributed by atoms with E-state index in [1.807, 2.05) is 0 Å². The Labute approximate surface area is 104 Å². The zero-order valence-corrected chi connectivity index (χ0v) is 10.1. The van der Waals surface area contributed by atoms with E-state index in [0.29, 0.717) is 30.4 Å². The minimum Gasteiger partial charge on any atom is -0.383 e. The number of halogens is 1. The minimum atomic E-state index is -0.327. The third-order valence-corrected chi connectivity index (χ3v) is 2.64. The summed E-state index contributed by atoms with van der Waals surface area (Å²) in [5.74, 6) is 0.767. The number of nitrogens with two attached hydrogens (primary N) is 1. The van der Waals surface area contributed by atoms with Crippen LogP contribution in [0.3, 0.4) is 0 Å². The molecule has 0 unspecified atom stereocenters. The number of hydrogen-bond acceptors (Lipinski definition) is 4. The van der Waals surface area contributed by atoms with Crippen LogP contribution >= 0.6 is 0 Å². The lowest BCUT2D eigenvalue weighted by Gasteiger charge is -2.09. The van der Waals surface area contributed by atoms with Gasteiger partial charge in [-0.3, -0.25) is 0 Å². The Hall–Kier alpha value is -1.79. The van der Waals surface area contributed by atoms with Crippen molar-refractivity contribution in [3.63, 3.8) is 0 Å². The van der Waals surface area contributed by atoms with Gasteiger partial charge in [-0.25, -0.2) is 4.39 Å². The van der Waals surface area contributed by atoms with Gasteiger partial charge in [-0.2, -0.15) is 0 Å². The molecule has 18 heavy (non-hydrogen) atoms. The van der Waals surface area contributed by atoms with Gasteiger partial charge in [0, 0.05) is 13.7 Å². The van der Waals surface area contributed by atoms with Crippen molar-refractivity contribution in [3.05, 3.63) is 35.9 Å². The van der Waals surface area contributed by atoms with Gasteiger partial charge < -0.3 is 15.0 Å². The van der Waals surface area contributed by atoms with Gasteiger partial charge in [-0.15, -0.1) is 10.2 Å². The van der Waals surface area contributed by atoms with Gasteiger partial charge in [0.05, 0.1) is 18.7 Å². The number of aromatic nitrogens is 3. The zero-order valence-electron chi connectivity index (χ0n) is 10.1. The van der Waals surface area contributed by atoms with Crippen LogP contribution in [-0.2, 0) is 17.8 Å². The van der Waals surface area contributed by atoms with Crippen LogP contribution in [0.2, 0.25) is 0 Å². The van der Waals surface area contributed by atoms with Gasteiger partial charge in [0.2, 0.25) is 0 Å². The summed E-state index contributed by atoms with van der Waals surface area (Å²) in [5, 5.41) is 7.98. The van der Waals surface area contributed by atoms with E-state index in [1.54, 1.807) is 29.9 Å². The van der Waals surface area contributed by atoms with Crippen LogP contribution in [0.5, 0.6) is 0 Å². The number of nitrogens with zero attached hydrogens (tertiary/aromatic N) is 3. The number of hydrogen-bond donors (Lipinski definition) is 1. The van der Waals surface area contributed by atoms with Crippen LogP contribution < -0.4 is 5.73 Å². The normalized spacial score (nSPS) is 10.8. The molecule has 0 bridgehead atoms. The first-order valence-electron chi connectivity index (χ1n) is 5.64. The molecule has 0 spiro atoms. The summed E-state index contributed by atoms with van der Waals surface area (Å²) in [7, 11) is 1.61. The Morgan fingerprint density at radius 1 is 1.33 bits per heavy atom. The molecule has 0 saturated heterocycles. The Kier molecular flexibility index (Phi) is 4.01. The molecule has 2 aromatic rings. The topological polar surface area (TPSA) is 66.0 Å². The van der Waals surface area contributed by atoms with Gasteiger partial charge in [-0.05, 0) is 12.1 Å². The quantitative estimate of drug-likeness (QED) is 0.865. The SMILES string of the molecule is COCCn1c(CN)nnc1-c1ccccc1F. The molecule has 0 atom stereocenters. The summed E-state index contributed by atoms with van der Waals surface area (Å²) in [6, 6.07) is 6.46. The number of benzene rings is 1. The first-order chi connectivity index (χ1) is 8.77. The lowest BCUT2D eigenvalue weighted by atomic mass is 10.2. The van der Waals surface area contributed by atoms with Gasteiger partial charge in [0.25, 0.3) is 0 Å². The van der Waals surface area contributed by atoms with E-state index < -0.39 is 0 Å². The fraction of sp³-hybridized carbons (Fsp3) is 0.333. The monoisotopic (exact) mass is 250 g/mol. The predicted molar refractivity (Wildman–Crippen MR) is 65.2 cm³/mol. The molecule has 0 aliphatic heterocycles. The summed E-state index contributed by atoms with van der Waals surface area (Å²) in [5.41, 5.74) is 6.01. The standard InChI is InChI=1S/C12H15FN4O/c1-18-7-6-17-11(8-14)15-16-12(17)9-4-2-3-5-10(9)13/h2-5H,6-8,14H2,1H3. The van der Waals surface area contributed by atoms with Crippen molar-refractivity contribution >= 4 is 0 Å². The fourth-order valence-corrected chi connectivity index (χ4v) is 1.75. The Balaban J connectivity index is 2.44. The molecule has 1 aromatic carbocycles. The van der Waals surface area contributed by atoms with Crippen molar-refractivity contribution in [1.29, 1.82) is 0 Å². The minimum absolute atomic E-state index is 0.255. The highest BCUT2D eigenvalue weighted by Gasteiger charge is 2.15. The second-order valence-corrected chi connectivity index (χ2v) is 3.77. The van der Waals surface area contributed by atoms with Crippen molar-refractivity contribution < 1.29 is 9.13 Å². The number of rotatable bonds is 5. The molecule has 5 nitrogen and oxygen atoms in total. The molecule has 2 N–H and O–H groups in total. The Bertz CT molecular complexity index is 527. The van der Waals surface area contributed by atoms with Crippen LogP contribution in [-0.4, -0.2) is 28.5 Å². The maximum Gasteiger partial charge on any atom is 0.167 e. The summed E-state index contributed by atoms with van der Waals surface area (Å²) in [6.45, 7) is 1.29.